The average Bonchev–Trinajstić information content (AvgIpc) is 3.06. The molecule has 2 aromatic carbocycles. The maximum atomic E-state index is 12.7. The standard InChI is InChI=1S/C21H23N3O2/c1-3-4-14-26-20-13-9-8-12-18(20)22-21(25)19-15-16(2)24(23-19)17-10-6-5-7-11-17/h5-13,15H,3-4,14H2,1-2H3,(H,22,25). The number of anilines is 1. The Balaban J connectivity index is 1.77. The van der Waals surface area contributed by atoms with Gasteiger partial charge in [-0.3, -0.25) is 4.79 Å². The van der Waals surface area contributed by atoms with Gasteiger partial charge in [-0.25, -0.2) is 4.68 Å². The van der Waals surface area contributed by atoms with Gasteiger partial charge in [-0.15, -0.1) is 0 Å². The Kier molecular flexibility index (Phi) is 5.69. The van der Waals surface area contributed by atoms with Gasteiger partial charge in [-0.1, -0.05) is 43.7 Å². The molecular weight excluding hydrogens is 326 g/mol. The second kappa shape index (κ2) is 8.34. The van der Waals surface area contributed by atoms with E-state index in [0.717, 1.165) is 24.2 Å². The van der Waals surface area contributed by atoms with Crippen LogP contribution in [0.2, 0.25) is 0 Å². The molecule has 0 atom stereocenters. The quantitative estimate of drug-likeness (QED) is 0.634. The van der Waals surface area contributed by atoms with Crippen LogP contribution in [0.3, 0.4) is 0 Å². The number of carbonyl (C=O) groups excluding carboxylic acids is 1. The molecule has 5 heteroatoms. The van der Waals surface area contributed by atoms with E-state index in [0.29, 0.717) is 23.7 Å². The fourth-order valence-corrected chi connectivity index (χ4v) is 2.62. The molecule has 0 radical (unpaired) electrons. The van der Waals surface area contributed by atoms with Crippen LogP contribution >= 0.6 is 0 Å². The van der Waals surface area contributed by atoms with Crippen LogP contribution in [0.1, 0.15) is 35.9 Å². The zero-order valence-corrected chi connectivity index (χ0v) is 15.1. The molecule has 5 nitrogen and oxygen atoms in total. The van der Waals surface area contributed by atoms with Crippen LogP contribution in [0, 0.1) is 6.92 Å². The molecule has 0 spiro atoms. The van der Waals surface area contributed by atoms with Crippen molar-refractivity contribution in [1.82, 2.24) is 9.78 Å². The van der Waals surface area contributed by atoms with E-state index in [-0.39, 0.29) is 5.91 Å². The Bertz CT molecular complexity index is 872. The summed E-state index contributed by atoms with van der Waals surface area (Å²) < 4.78 is 7.53. The molecule has 0 saturated heterocycles. The van der Waals surface area contributed by atoms with Crippen molar-refractivity contribution in [3.05, 3.63) is 72.1 Å². The van der Waals surface area contributed by atoms with Gasteiger partial charge in [0.2, 0.25) is 0 Å². The molecule has 26 heavy (non-hydrogen) atoms. The molecule has 0 fully saturated rings. The van der Waals surface area contributed by atoms with E-state index >= 15 is 0 Å². The van der Waals surface area contributed by atoms with Crippen LogP contribution in [0.15, 0.2) is 60.7 Å². The number of hydrogen-bond acceptors (Lipinski definition) is 3. The number of benzene rings is 2. The molecule has 1 heterocycles. The highest BCUT2D eigenvalue weighted by molar-refractivity contribution is 6.03. The fraction of sp³-hybridized carbons (Fsp3) is 0.238. The van der Waals surface area contributed by atoms with Crippen molar-refractivity contribution >= 4 is 11.6 Å². The van der Waals surface area contributed by atoms with Gasteiger partial charge in [0, 0.05) is 5.69 Å². The van der Waals surface area contributed by atoms with Crippen molar-refractivity contribution in [2.24, 2.45) is 0 Å². The average molecular weight is 349 g/mol. The smallest absolute Gasteiger partial charge is 0.276 e. The summed E-state index contributed by atoms with van der Waals surface area (Å²) in [6, 6.07) is 19.0. The fourth-order valence-electron chi connectivity index (χ4n) is 2.62. The highest BCUT2D eigenvalue weighted by atomic mass is 16.5. The van der Waals surface area contributed by atoms with Crippen LogP contribution in [0.5, 0.6) is 5.75 Å². The lowest BCUT2D eigenvalue weighted by Crippen LogP contribution is -2.14. The van der Waals surface area contributed by atoms with Crippen LogP contribution in [-0.4, -0.2) is 22.3 Å². The molecule has 0 aliphatic rings. The van der Waals surface area contributed by atoms with E-state index < -0.39 is 0 Å². The minimum atomic E-state index is -0.255. The maximum absolute atomic E-state index is 12.7. The van der Waals surface area contributed by atoms with E-state index in [4.69, 9.17) is 4.74 Å². The molecule has 1 N–H and O–H groups in total. The van der Waals surface area contributed by atoms with Gasteiger partial charge in [0.05, 0.1) is 18.0 Å². The van der Waals surface area contributed by atoms with E-state index in [1.165, 1.54) is 0 Å². The largest absolute Gasteiger partial charge is 0.491 e. The highest BCUT2D eigenvalue weighted by Gasteiger charge is 2.15. The number of para-hydroxylation sites is 3. The summed E-state index contributed by atoms with van der Waals surface area (Å²) in [5, 5.41) is 7.35. The molecule has 0 aliphatic heterocycles. The number of nitrogens with one attached hydrogen (secondary N) is 1. The van der Waals surface area contributed by atoms with Gasteiger partial charge in [0.15, 0.2) is 5.69 Å². The van der Waals surface area contributed by atoms with E-state index in [1.54, 1.807) is 10.7 Å². The first-order chi connectivity index (χ1) is 12.7. The molecule has 134 valence electrons. The van der Waals surface area contributed by atoms with Gasteiger partial charge in [-0.2, -0.15) is 5.10 Å². The molecule has 0 bridgehead atoms. The van der Waals surface area contributed by atoms with Crippen LogP contribution in [0.4, 0.5) is 5.69 Å². The normalized spacial score (nSPS) is 10.5. The Morgan fingerprint density at radius 1 is 1.12 bits per heavy atom. The van der Waals surface area contributed by atoms with Crippen molar-refractivity contribution in [2.45, 2.75) is 26.7 Å². The summed E-state index contributed by atoms with van der Waals surface area (Å²) in [6.45, 7) is 4.67. The lowest BCUT2D eigenvalue weighted by atomic mass is 10.2. The maximum Gasteiger partial charge on any atom is 0.276 e. The predicted molar refractivity (Wildman–Crippen MR) is 103 cm³/mol. The lowest BCUT2D eigenvalue weighted by molar-refractivity contribution is 0.102. The molecule has 0 unspecified atom stereocenters. The first-order valence-corrected chi connectivity index (χ1v) is 8.84. The number of amides is 1. The van der Waals surface area contributed by atoms with E-state index in [9.17, 15) is 4.79 Å². The Hall–Kier alpha value is -3.08. The molecule has 3 aromatic rings. The minimum absolute atomic E-state index is 0.255. The van der Waals surface area contributed by atoms with Gasteiger partial charge in [0.25, 0.3) is 5.91 Å². The second-order valence-electron chi connectivity index (χ2n) is 6.07. The molecule has 1 aromatic heterocycles. The monoisotopic (exact) mass is 349 g/mol. The molecule has 0 saturated carbocycles. The number of hydrogen-bond donors (Lipinski definition) is 1. The molecular formula is C21H23N3O2. The van der Waals surface area contributed by atoms with E-state index in [2.05, 4.69) is 17.3 Å². The van der Waals surface area contributed by atoms with Gasteiger partial charge >= 0.3 is 0 Å². The van der Waals surface area contributed by atoms with Crippen molar-refractivity contribution < 1.29 is 9.53 Å². The molecule has 1 amide bonds. The number of rotatable bonds is 7. The first-order valence-electron chi connectivity index (χ1n) is 8.84. The number of aryl methyl sites for hydroxylation is 1. The summed E-state index contributed by atoms with van der Waals surface area (Å²) in [7, 11) is 0. The van der Waals surface area contributed by atoms with Crippen molar-refractivity contribution in [3.63, 3.8) is 0 Å². The third-order valence-electron chi connectivity index (χ3n) is 4.01. The number of aromatic nitrogens is 2. The van der Waals surface area contributed by atoms with Gasteiger partial charge < -0.3 is 10.1 Å². The minimum Gasteiger partial charge on any atom is -0.491 e. The SMILES string of the molecule is CCCCOc1ccccc1NC(=O)c1cc(C)n(-c2ccccc2)n1. The third kappa shape index (κ3) is 4.11. The number of unbranched alkanes of at least 4 members (excludes halogenated alkanes) is 1. The van der Waals surface area contributed by atoms with Gasteiger partial charge in [-0.05, 0) is 43.7 Å². The van der Waals surface area contributed by atoms with Crippen LogP contribution in [0.25, 0.3) is 5.69 Å². The topological polar surface area (TPSA) is 56.1 Å². The van der Waals surface area contributed by atoms with Crippen molar-refractivity contribution in [2.75, 3.05) is 11.9 Å². The first kappa shape index (κ1) is 17.7. The van der Waals surface area contributed by atoms with Crippen LogP contribution < -0.4 is 10.1 Å². The number of nitrogens with zero attached hydrogens (tertiary/aromatic N) is 2. The molecule has 0 aliphatic carbocycles. The number of ether oxygens (including phenoxy) is 1. The van der Waals surface area contributed by atoms with Gasteiger partial charge in [0.1, 0.15) is 5.75 Å². The van der Waals surface area contributed by atoms with Crippen LogP contribution in [-0.2, 0) is 0 Å². The Labute approximate surface area is 153 Å². The zero-order chi connectivity index (χ0) is 18.4. The lowest BCUT2D eigenvalue weighted by Gasteiger charge is -2.11. The summed E-state index contributed by atoms with van der Waals surface area (Å²) in [6.07, 6.45) is 2.04. The van der Waals surface area contributed by atoms with Crippen molar-refractivity contribution in [3.8, 4) is 11.4 Å². The Morgan fingerprint density at radius 2 is 1.85 bits per heavy atom. The van der Waals surface area contributed by atoms with E-state index in [1.807, 2.05) is 61.5 Å². The Morgan fingerprint density at radius 3 is 2.62 bits per heavy atom. The number of carbonyl (C=O) groups is 1. The summed E-state index contributed by atoms with van der Waals surface area (Å²) in [5.41, 5.74) is 2.84. The second-order valence-corrected chi connectivity index (χ2v) is 6.07. The third-order valence-corrected chi connectivity index (χ3v) is 4.01. The van der Waals surface area contributed by atoms with Crippen molar-refractivity contribution in [1.29, 1.82) is 0 Å². The summed E-state index contributed by atoms with van der Waals surface area (Å²) >= 11 is 0. The predicted octanol–water partition coefficient (Wildman–Crippen LogP) is 4.61. The molecule has 3 rings (SSSR count). The summed E-state index contributed by atoms with van der Waals surface area (Å²) in [4.78, 5) is 12.7. The highest BCUT2D eigenvalue weighted by Crippen LogP contribution is 2.24. The zero-order valence-electron chi connectivity index (χ0n) is 15.1. The summed E-state index contributed by atoms with van der Waals surface area (Å²) in [5.74, 6) is 0.419.